The van der Waals surface area contributed by atoms with E-state index in [9.17, 15) is 8.42 Å². The molecule has 1 N–H and O–H groups in total. The normalized spacial score (nSPS) is 14.3. The highest BCUT2D eigenvalue weighted by atomic mass is 32.2. The second-order valence-corrected chi connectivity index (χ2v) is 8.85. The van der Waals surface area contributed by atoms with Crippen LogP contribution in [0, 0.1) is 0 Å². The average Bonchev–Trinajstić information content (AvgIpc) is 3.49. The Kier molecular flexibility index (Phi) is 4.28. The summed E-state index contributed by atoms with van der Waals surface area (Å²) in [5.41, 5.74) is 3.52. The van der Waals surface area contributed by atoms with Gasteiger partial charge >= 0.3 is 0 Å². The topological polar surface area (TPSA) is 68.3 Å². The van der Waals surface area contributed by atoms with Crippen LogP contribution in [0.3, 0.4) is 0 Å². The van der Waals surface area contributed by atoms with Crippen molar-refractivity contribution >= 4 is 32.1 Å². The van der Waals surface area contributed by atoms with Gasteiger partial charge in [0.25, 0.3) is 0 Å². The molecule has 1 heterocycles. The third kappa shape index (κ3) is 3.51. The lowest BCUT2D eigenvalue weighted by atomic mass is 10.1. The average molecular weight is 368 g/mol. The number of pyridine rings is 1. The minimum Gasteiger partial charge on any atom is -0.497 e. The summed E-state index contributed by atoms with van der Waals surface area (Å²) >= 11 is 0. The largest absolute Gasteiger partial charge is 0.497 e. The molecule has 1 saturated carbocycles. The minimum atomic E-state index is -2.99. The zero-order chi connectivity index (χ0) is 18.1. The quantitative estimate of drug-likeness (QED) is 0.710. The molecule has 0 unspecified atom stereocenters. The predicted octanol–water partition coefficient (Wildman–Crippen LogP) is 4.06. The zero-order valence-electron chi connectivity index (χ0n) is 14.5. The summed E-state index contributed by atoms with van der Waals surface area (Å²) in [4.78, 5) is 4.38. The third-order valence-corrected chi connectivity index (χ3v) is 6.81. The molecule has 5 nitrogen and oxygen atoms in total. The van der Waals surface area contributed by atoms with Gasteiger partial charge in [0, 0.05) is 29.0 Å². The van der Waals surface area contributed by atoms with E-state index in [0.717, 1.165) is 46.4 Å². The highest BCUT2D eigenvalue weighted by molar-refractivity contribution is 7.91. The lowest BCUT2D eigenvalue weighted by Gasteiger charge is -2.11. The van der Waals surface area contributed by atoms with Gasteiger partial charge in [0.15, 0.2) is 9.84 Å². The van der Waals surface area contributed by atoms with Crippen molar-refractivity contribution in [3.05, 3.63) is 60.3 Å². The molecule has 134 valence electrons. The Bertz CT molecular complexity index is 1040. The number of aromatic nitrogens is 1. The monoisotopic (exact) mass is 368 g/mol. The first-order valence-electron chi connectivity index (χ1n) is 8.55. The van der Waals surface area contributed by atoms with Gasteiger partial charge in [0.05, 0.1) is 23.6 Å². The number of nitrogens with zero attached hydrogens (tertiary/aromatic N) is 1. The first kappa shape index (κ1) is 16.8. The van der Waals surface area contributed by atoms with E-state index in [1.165, 1.54) is 0 Å². The van der Waals surface area contributed by atoms with Crippen LogP contribution in [0.1, 0.15) is 18.4 Å². The zero-order valence-corrected chi connectivity index (χ0v) is 15.3. The van der Waals surface area contributed by atoms with Gasteiger partial charge in [0.1, 0.15) is 5.75 Å². The van der Waals surface area contributed by atoms with E-state index < -0.39 is 9.84 Å². The van der Waals surface area contributed by atoms with Gasteiger partial charge in [-0.3, -0.25) is 4.98 Å². The molecule has 1 aromatic heterocycles. The van der Waals surface area contributed by atoms with Crippen LogP contribution >= 0.6 is 0 Å². The lowest BCUT2D eigenvalue weighted by Crippen LogP contribution is -2.09. The summed E-state index contributed by atoms with van der Waals surface area (Å²) in [5, 5.41) is 4.25. The molecular weight excluding hydrogens is 348 g/mol. The number of methoxy groups -OCH3 is 1. The van der Waals surface area contributed by atoms with Crippen LogP contribution in [0.4, 0.5) is 11.4 Å². The molecule has 0 atom stereocenters. The van der Waals surface area contributed by atoms with Gasteiger partial charge in [-0.1, -0.05) is 12.1 Å². The molecule has 1 aliphatic rings. The maximum atomic E-state index is 12.1. The molecule has 6 heteroatoms. The molecule has 0 saturated heterocycles. The SMILES string of the molecule is COc1ccc2c(Nc3ccc(CS(=O)(=O)C4CC4)cc3)ccnc2c1. The van der Waals surface area contributed by atoms with E-state index in [2.05, 4.69) is 10.3 Å². The molecule has 0 radical (unpaired) electrons. The minimum absolute atomic E-state index is 0.121. The fourth-order valence-corrected chi connectivity index (χ4v) is 4.73. The molecule has 3 aromatic rings. The molecule has 0 spiro atoms. The smallest absolute Gasteiger partial charge is 0.157 e. The highest BCUT2D eigenvalue weighted by Crippen LogP contribution is 2.31. The maximum absolute atomic E-state index is 12.1. The van der Waals surface area contributed by atoms with Crippen molar-refractivity contribution in [3.8, 4) is 5.75 Å². The van der Waals surface area contributed by atoms with Crippen LogP contribution in [-0.4, -0.2) is 25.8 Å². The predicted molar refractivity (Wildman–Crippen MR) is 104 cm³/mol. The van der Waals surface area contributed by atoms with E-state index in [-0.39, 0.29) is 11.0 Å². The van der Waals surface area contributed by atoms with Crippen molar-refractivity contribution in [1.29, 1.82) is 0 Å². The Morgan fingerprint density at radius 3 is 2.58 bits per heavy atom. The van der Waals surface area contributed by atoms with Crippen LogP contribution in [0.2, 0.25) is 0 Å². The van der Waals surface area contributed by atoms with E-state index in [0.29, 0.717) is 0 Å². The van der Waals surface area contributed by atoms with Gasteiger partial charge in [-0.25, -0.2) is 8.42 Å². The molecule has 1 fully saturated rings. The lowest BCUT2D eigenvalue weighted by molar-refractivity contribution is 0.415. The van der Waals surface area contributed by atoms with Crippen LogP contribution in [-0.2, 0) is 15.6 Å². The molecule has 26 heavy (non-hydrogen) atoms. The maximum Gasteiger partial charge on any atom is 0.157 e. The third-order valence-electron chi connectivity index (χ3n) is 4.58. The fourth-order valence-electron chi connectivity index (χ4n) is 2.98. The van der Waals surface area contributed by atoms with E-state index >= 15 is 0 Å². The van der Waals surface area contributed by atoms with Gasteiger partial charge in [0.2, 0.25) is 0 Å². The number of anilines is 2. The number of hydrogen-bond acceptors (Lipinski definition) is 5. The molecular formula is C20H20N2O3S. The summed E-state index contributed by atoms with van der Waals surface area (Å²) in [6.45, 7) is 0. The Hall–Kier alpha value is -2.60. The summed E-state index contributed by atoms with van der Waals surface area (Å²) in [5.74, 6) is 0.888. The van der Waals surface area contributed by atoms with Crippen molar-refractivity contribution < 1.29 is 13.2 Å². The summed E-state index contributed by atoms with van der Waals surface area (Å²) in [6, 6.07) is 15.2. The van der Waals surface area contributed by atoms with Crippen LogP contribution < -0.4 is 10.1 Å². The molecule has 0 aliphatic heterocycles. The number of hydrogen-bond donors (Lipinski definition) is 1. The van der Waals surface area contributed by atoms with Crippen molar-refractivity contribution in [2.45, 2.75) is 23.8 Å². The van der Waals surface area contributed by atoms with Crippen molar-refractivity contribution in [3.63, 3.8) is 0 Å². The Morgan fingerprint density at radius 1 is 1.12 bits per heavy atom. The molecule has 4 rings (SSSR count). The Balaban J connectivity index is 1.55. The van der Waals surface area contributed by atoms with Crippen LogP contribution in [0.15, 0.2) is 54.7 Å². The fraction of sp³-hybridized carbons (Fsp3) is 0.250. The summed E-state index contributed by atoms with van der Waals surface area (Å²) in [7, 11) is -1.35. The Labute approximate surface area is 152 Å². The number of rotatable bonds is 6. The number of sulfone groups is 1. The number of benzene rings is 2. The number of ether oxygens (including phenoxy) is 1. The van der Waals surface area contributed by atoms with Crippen molar-refractivity contribution in [2.24, 2.45) is 0 Å². The van der Waals surface area contributed by atoms with Crippen molar-refractivity contribution in [1.82, 2.24) is 4.98 Å². The standard InChI is InChI=1S/C20H20N2O3S/c1-25-16-6-9-18-19(10-11-21-20(18)12-16)22-15-4-2-14(3-5-15)13-26(23,24)17-7-8-17/h2-6,9-12,17H,7-8,13H2,1H3,(H,21,22). The van der Waals surface area contributed by atoms with E-state index in [4.69, 9.17) is 4.74 Å². The van der Waals surface area contributed by atoms with Crippen LogP contribution in [0.5, 0.6) is 5.75 Å². The summed E-state index contributed by atoms with van der Waals surface area (Å²) in [6.07, 6.45) is 3.37. The molecule has 0 amide bonds. The van der Waals surface area contributed by atoms with Crippen LogP contribution in [0.25, 0.3) is 10.9 Å². The first-order valence-corrected chi connectivity index (χ1v) is 10.3. The summed E-state index contributed by atoms with van der Waals surface area (Å²) < 4.78 is 29.5. The van der Waals surface area contributed by atoms with E-state index in [1.807, 2.05) is 48.5 Å². The number of nitrogens with one attached hydrogen (secondary N) is 1. The van der Waals surface area contributed by atoms with Crippen molar-refractivity contribution in [2.75, 3.05) is 12.4 Å². The molecule has 2 aromatic carbocycles. The van der Waals surface area contributed by atoms with Gasteiger partial charge < -0.3 is 10.1 Å². The van der Waals surface area contributed by atoms with Gasteiger partial charge in [-0.2, -0.15) is 0 Å². The number of fused-ring (bicyclic) bond motifs is 1. The Morgan fingerprint density at radius 2 is 1.88 bits per heavy atom. The highest BCUT2D eigenvalue weighted by Gasteiger charge is 2.35. The van der Waals surface area contributed by atoms with Gasteiger partial charge in [-0.15, -0.1) is 0 Å². The van der Waals surface area contributed by atoms with E-state index in [1.54, 1.807) is 13.3 Å². The first-order chi connectivity index (χ1) is 12.5. The molecule has 1 aliphatic carbocycles. The van der Waals surface area contributed by atoms with Gasteiger partial charge in [-0.05, 0) is 48.7 Å². The molecule has 0 bridgehead atoms. The second kappa shape index (κ2) is 6.61. The second-order valence-electron chi connectivity index (χ2n) is 6.57.